The minimum Gasteiger partial charge on any atom is -0.398 e. The van der Waals surface area contributed by atoms with E-state index in [4.69, 9.17) is 5.73 Å². The van der Waals surface area contributed by atoms with Crippen LogP contribution < -0.4 is 15.8 Å². The van der Waals surface area contributed by atoms with E-state index in [-0.39, 0.29) is 10.9 Å². The van der Waals surface area contributed by atoms with Crippen molar-refractivity contribution in [3.8, 4) is 0 Å². The van der Waals surface area contributed by atoms with Gasteiger partial charge in [0.15, 0.2) is 0 Å². The minimum absolute atomic E-state index is 0.0476. The number of benzene rings is 1. The second-order valence-electron chi connectivity index (χ2n) is 4.66. The van der Waals surface area contributed by atoms with Gasteiger partial charge in [0.2, 0.25) is 0 Å². The van der Waals surface area contributed by atoms with E-state index in [9.17, 15) is 13.2 Å². The molecule has 0 atom stereocenters. The molecule has 0 aliphatic rings. The molecule has 0 heterocycles. The number of amides is 2. The van der Waals surface area contributed by atoms with Crippen LogP contribution in [-0.2, 0) is 10.0 Å². The zero-order chi connectivity index (χ0) is 14.8. The fourth-order valence-corrected chi connectivity index (χ4v) is 3.14. The summed E-state index contributed by atoms with van der Waals surface area (Å²) in [5, 5.41) is 2.46. The van der Waals surface area contributed by atoms with Crippen LogP contribution in [0.25, 0.3) is 0 Å². The quantitative estimate of drug-likeness (QED) is 0.728. The van der Waals surface area contributed by atoms with E-state index in [1.165, 1.54) is 0 Å². The third-order valence-electron chi connectivity index (χ3n) is 2.56. The Labute approximate surface area is 113 Å². The molecule has 1 aromatic carbocycles. The topological polar surface area (TPSA) is 101 Å². The maximum Gasteiger partial charge on any atom is 0.328 e. The average molecular weight is 285 g/mol. The van der Waals surface area contributed by atoms with Crippen LogP contribution >= 0.6 is 0 Å². The second kappa shape index (κ2) is 5.48. The molecule has 0 saturated heterocycles. The van der Waals surface area contributed by atoms with Crippen molar-refractivity contribution in [2.75, 3.05) is 5.73 Å². The largest absolute Gasteiger partial charge is 0.398 e. The van der Waals surface area contributed by atoms with Crippen molar-refractivity contribution in [3.63, 3.8) is 0 Å². The maximum absolute atomic E-state index is 12.2. The van der Waals surface area contributed by atoms with Gasteiger partial charge in [-0.1, -0.05) is 6.07 Å². The normalized spacial score (nSPS) is 11.4. The molecule has 0 fully saturated rings. The number of nitrogen functional groups attached to an aromatic ring is 1. The molecule has 0 aliphatic heterocycles. The number of nitrogens with two attached hydrogens (primary N) is 1. The third-order valence-corrected chi connectivity index (χ3v) is 4.18. The van der Waals surface area contributed by atoms with Crippen LogP contribution in [-0.4, -0.2) is 20.5 Å². The predicted molar refractivity (Wildman–Crippen MR) is 74.3 cm³/mol. The molecule has 106 valence electrons. The Hall–Kier alpha value is -1.76. The number of rotatable bonds is 3. The monoisotopic (exact) mass is 285 g/mol. The molecule has 0 saturated carbocycles. The maximum atomic E-state index is 12.2. The molecular weight excluding hydrogens is 266 g/mol. The van der Waals surface area contributed by atoms with Gasteiger partial charge in [-0.05, 0) is 44.9 Å². The molecule has 7 heteroatoms. The highest BCUT2D eigenvalue weighted by Crippen LogP contribution is 2.24. The molecule has 19 heavy (non-hydrogen) atoms. The third kappa shape index (κ3) is 3.60. The standard InChI is InChI=1S/C12H19N3O3S/c1-7(2)14-12(16)15-19(17,18)11-8(3)5-6-10(13)9(11)4/h5-7H,13H2,1-4H3,(H2,14,15,16). The molecule has 0 radical (unpaired) electrons. The van der Waals surface area contributed by atoms with Crippen molar-refractivity contribution in [2.45, 2.75) is 38.6 Å². The molecule has 0 unspecified atom stereocenters. The molecule has 4 N–H and O–H groups in total. The highest BCUT2D eigenvalue weighted by Gasteiger charge is 2.23. The lowest BCUT2D eigenvalue weighted by molar-refractivity contribution is 0.243. The zero-order valence-corrected chi connectivity index (χ0v) is 12.3. The van der Waals surface area contributed by atoms with Crippen LogP contribution in [0.2, 0.25) is 0 Å². The Kier molecular flexibility index (Phi) is 4.41. The van der Waals surface area contributed by atoms with E-state index >= 15 is 0 Å². The summed E-state index contributed by atoms with van der Waals surface area (Å²) in [5.74, 6) is 0. The summed E-state index contributed by atoms with van der Waals surface area (Å²) >= 11 is 0. The summed E-state index contributed by atoms with van der Waals surface area (Å²) in [6.07, 6.45) is 0. The van der Waals surface area contributed by atoms with Gasteiger partial charge in [-0.3, -0.25) is 0 Å². The Morgan fingerprint density at radius 2 is 1.84 bits per heavy atom. The first-order valence-corrected chi connectivity index (χ1v) is 7.32. The second-order valence-corrected chi connectivity index (χ2v) is 6.28. The minimum atomic E-state index is -3.93. The smallest absolute Gasteiger partial charge is 0.328 e. The molecule has 0 aromatic heterocycles. The molecule has 6 nitrogen and oxygen atoms in total. The van der Waals surface area contributed by atoms with Gasteiger partial charge in [0.25, 0.3) is 10.0 Å². The van der Waals surface area contributed by atoms with Crippen LogP contribution in [0.3, 0.4) is 0 Å². The number of carbonyl (C=O) groups is 1. The molecule has 0 spiro atoms. The van der Waals surface area contributed by atoms with Crippen LogP contribution in [0, 0.1) is 13.8 Å². The SMILES string of the molecule is Cc1ccc(N)c(C)c1S(=O)(=O)NC(=O)NC(C)C. The fourth-order valence-electron chi connectivity index (χ4n) is 1.72. The summed E-state index contributed by atoms with van der Waals surface area (Å²) in [6.45, 7) is 6.74. The number of nitrogens with one attached hydrogen (secondary N) is 2. The van der Waals surface area contributed by atoms with Crippen LogP contribution in [0.15, 0.2) is 17.0 Å². The molecule has 0 bridgehead atoms. The molecule has 2 amide bonds. The Balaban J connectivity index is 3.15. The van der Waals surface area contributed by atoms with Gasteiger partial charge < -0.3 is 11.1 Å². The highest BCUT2D eigenvalue weighted by molar-refractivity contribution is 7.90. The highest BCUT2D eigenvalue weighted by atomic mass is 32.2. The summed E-state index contributed by atoms with van der Waals surface area (Å²) < 4.78 is 26.4. The van der Waals surface area contributed by atoms with Gasteiger partial charge in [0, 0.05) is 11.7 Å². The van der Waals surface area contributed by atoms with Gasteiger partial charge in [0.05, 0.1) is 4.90 Å². The van der Waals surface area contributed by atoms with Crippen molar-refractivity contribution in [1.29, 1.82) is 0 Å². The number of carbonyl (C=O) groups excluding carboxylic acids is 1. The van der Waals surface area contributed by atoms with Gasteiger partial charge in [0.1, 0.15) is 0 Å². The first-order chi connectivity index (χ1) is 8.65. The van der Waals surface area contributed by atoms with Gasteiger partial charge in [-0.15, -0.1) is 0 Å². The lowest BCUT2D eigenvalue weighted by Crippen LogP contribution is -2.42. The van der Waals surface area contributed by atoms with E-state index < -0.39 is 16.1 Å². The zero-order valence-electron chi connectivity index (χ0n) is 11.4. The number of anilines is 1. The Morgan fingerprint density at radius 1 is 1.26 bits per heavy atom. The number of urea groups is 1. The first-order valence-electron chi connectivity index (χ1n) is 5.84. The van der Waals surface area contributed by atoms with Gasteiger partial charge in [-0.2, -0.15) is 0 Å². The lowest BCUT2D eigenvalue weighted by Gasteiger charge is -2.15. The number of aryl methyl sites for hydroxylation is 1. The Bertz CT molecular complexity index is 594. The van der Waals surface area contributed by atoms with E-state index in [1.54, 1.807) is 39.8 Å². The van der Waals surface area contributed by atoms with Crippen molar-refractivity contribution in [2.24, 2.45) is 0 Å². The van der Waals surface area contributed by atoms with Crippen molar-refractivity contribution < 1.29 is 13.2 Å². The summed E-state index contributed by atoms with van der Waals surface area (Å²) in [5.41, 5.74) is 7.05. The van der Waals surface area contributed by atoms with Crippen molar-refractivity contribution in [1.82, 2.24) is 10.0 Å². The van der Waals surface area contributed by atoms with E-state index in [2.05, 4.69) is 5.32 Å². The summed E-state index contributed by atoms with van der Waals surface area (Å²) in [6, 6.07) is 2.34. The van der Waals surface area contributed by atoms with Crippen LogP contribution in [0.1, 0.15) is 25.0 Å². The van der Waals surface area contributed by atoms with Crippen LogP contribution in [0.5, 0.6) is 0 Å². The first kappa shape index (κ1) is 15.3. The molecular formula is C12H19N3O3S. The van der Waals surface area contributed by atoms with E-state index in [1.807, 2.05) is 4.72 Å². The van der Waals surface area contributed by atoms with Gasteiger partial charge in [-0.25, -0.2) is 17.9 Å². The van der Waals surface area contributed by atoms with Gasteiger partial charge >= 0.3 is 6.03 Å². The number of hydrogen-bond donors (Lipinski definition) is 3. The fraction of sp³-hybridized carbons (Fsp3) is 0.417. The van der Waals surface area contributed by atoms with Crippen LogP contribution in [0.4, 0.5) is 10.5 Å². The number of hydrogen-bond acceptors (Lipinski definition) is 4. The molecule has 1 rings (SSSR count). The summed E-state index contributed by atoms with van der Waals surface area (Å²) in [7, 11) is -3.93. The predicted octanol–water partition coefficient (Wildman–Crippen LogP) is 1.28. The van der Waals surface area contributed by atoms with Crippen molar-refractivity contribution >= 4 is 21.7 Å². The van der Waals surface area contributed by atoms with E-state index in [0.29, 0.717) is 16.8 Å². The van der Waals surface area contributed by atoms with Crippen molar-refractivity contribution in [3.05, 3.63) is 23.3 Å². The summed E-state index contributed by atoms with van der Waals surface area (Å²) in [4.78, 5) is 11.6. The average Bonchev–Trinajstić information content (AvgIpc) is 2.21. The molecule has 0 aliphatic carbocycles. The Morgan fingerprint density at radius 3 is 2.37 bits per heavy atom. The van der Waals surface area contributed by atoms with E-state index in [0.717, 1.165) is 0 Å². The molecule has 1 aromatic rings. The number of sulfonamides is 1. The lowest BCUT2D eigenvalue weighted by atomic mass is 10.1.